The molecule has 0 unspecified atom stereocenters. The van der Waals surface area contributed by atoms with Crippen LogP contribution in [0.3, 0.4) is 0 Å². The molecule has 0 aliphatic rings. The van der Waals surface area contributed by atoms with Gasteiger partial charge in [0.15, 0.2) is 6.61 Å². The molecule has 1 heterocycles. The molecule has 0 atom stereocenters. The van der Waals surface area contributed by atoms with Gasteiger partial charge in [-0.2, -0.15) is 4.80 Å². The molecule has 2 N–H and O–H groups in total. The summed E-state index contributed by atoms with van der Waals surface area (Å²) >= 11 is 6.11. The fraction of sp³-hybridized carbons (Fsp3) is 0.364. The number of nitrogens with two attached hydrogens (primary N) is 1. The van der Waals surface area contributed by atoms with E-state index in [1.165, 1.54) is 4.80 Å². The van der Waals surface area contributed by atoms with Crippen LogP contribution in [0.5, 0.6) is 5.75 Å². The lowest BCUT2D eigenvalue weighted by molar-refractivity contribution is 0.295. The van der Waals surface area contributed by atoms with Crippen molar-refractivity contribution in [3.05, 3.63) is 34.6 Å². The van der Waals surface area contributed by atoms with E-state index >= 15 is 0 Å². The minimum atomic E-state index is 0.240. The van der Waals surface area contributed by atoms with E-state index in [9.17, 15) is 0 Å². The maximum Gasteiger partial charge on any atom is 0.212 e. The third-order valence-electron chi connectivity index (χ3n) is 2.34. The summed E-state index contributed by atoms with van der Waals surface area (Å²) in [5.74, 6) is 1.12. The average Bonchev–Trinajstić information content (AvgIpc) is 2.74. The molecule has 1 aromatic heterocycles. The Hall–Kier alpha value is -1.66. The molecule has 2 rings (SSSR count). The molecule has 2 aromatic rings. The summed E-state index contributed by atoms with van der Waals surface area (Å²) in [6.45, 7) is 0.837. The van der Waals surface area contributed by atoms with E-state index in [1.807, 2.05) is 18.2 Å². The van der Waals surface area contributed by atoms with Gasteiger partial charge in [-0.3, -0.25) is 0 Å². The monoisotopic (exact) mass is 267 g/mol. The highest BCUT2D eigenvalue weighted by Gasteiger charge is 2.06. The standard InChI is InChI=1S/C11H14ClN5O/c1-17-15-11(14-16-17)7-18-10-3-2-8(4-5-13)6-9(10)12/h2-3,6H,4-5,7,13H2,1H3. The molecule has 0 spiro atoms. The van der Waals surface area contributed by atoms with Crippen molar-refractivity contribution < 1.29 is 4.74 Å². The highest BCUT2D eigenvalue weighted by Crippen LogP contribution is 2.26. The van der Waals surface area contributed by atoms with E-state index in [1.54, 1.807) is 7.05 Å². The van der Waals surface area contributed by atoms with Crippen molar-refractivity contribution >= 4 is 11.6 Å². The summed E-state index contributed by atoms with van der Waals surface area (Å²) in [5, 5.41) is 12.1. The van der Waals surface area contributed by atoms with Gasteiger partial charge in [0.05, 0.1) is 12.1 Å². The van der Waals surface area contributed by atoms with Crippen LogP contribution in [0, 0.1) is 0 Å². The van der Waals surface area contributed by atoms with Gasteiger partial charge in [-0.05, 0) is 35.9 Å². The number of aryl methyl sites for hydroxylation is 1. The second-order valence-corrected chi connectivity index (χ2v) is 4.19. The summed E-state index contributed by atoms with van der Waals surface area (Å²) in [6, 6.07) is 5.62. The van der Waals surface area contributed by atoms with Crippen molar-refractivity contribution in [3.8, 4) is 5.75 Å². The Labute approximate surface area is 110 Å². The molecule has 0 bridgehead atoms. The molecule has 1 aromatic carbocycles. The second-order valence-electron chi connectivity index (χ2n) is 3.79. The van der Waals surface area contributed by atoms with Crippen molar-refractivity contribution in [1.82, 2.24) is 20.2 Å². The summed E-state index contributed by atoms with van der Waals surface area (Å²) in [7, 11) is 1.70. The Morgan fingerprint density at radius 3 is 2.89 bits per heavy atom. The predicted molar refractivity (Wildman–Crippen MR) is 67.3 cm³/mol. The molecule has 18 heavy (non-hydrogen) atoms. The smallest absolute Gasteiger partial charge is 0.212 e. The zero-order valence-electron chi connectivity index (χ0n) is 10.0. The number of aromatic nitrogens is 4. The highest BCUT2D eigenvalue weighted by atomic mass is 35.5. The van der Waals surface area contributed by atoms with Crippen LogP contribution in [-0.2, 0) is 20.1 Å². The molecule has 0 radical (unpaired) electrons. The lowest BCUT2D eigenvalue weighted by Gasteiger charge is -2.07. The fourth-order valence-electron chi connectivity index (χ4n) is 1.51. The van der Waals surface area contributed by atoms with Gasteiger partial charge in [-0.25, -0.2) is 0 Å². The van der Waals surface area contributed by atoms with E-state index in [2.05, 4.69) is 15.4 Å². The van der Waals surface area contributed by atoms with Gasteiger partial charge in [-0.1, -0.05) is 17.7 Å². The minimum Gasteiger partial charge on any atom is -0.484 e. The number of tetrazole rings is 1. The van der Waals surface area contributed by atoms with Gasteiger partial charge in [0.1, 0.15) is 5.75 Å². The topological polar surface area (TPSA) is 78.8 Å². The van der Waals surface area contributed by atoms with Crippen molar-refractivity contribution in [2.24, 2.45) is 12.8 Å². The largest absolute Gasteiger partial charge is 0.484 e. The lowest BCUT2D eigenvalue weighted by atomic mass is 10.1. The minimum absolute atomic E-state index is 0.240. The van der Waals surface area contributed by atoms with E-state index in [0.717, 1.165) is 12.0 Å². The summed E-state index contributed by atoms with van der Waals surface area (Å²) in [4.78, 5) is 1.38. The number of nitrogens with zero attached hydrogens (tertiary/aromatic N) is 4. The molecule has 7 heteroatoms. The van der Waals surface area contributed by atoms with Crippen molar-refractivity contribution in [3.63, 3.8) is 0 Å². The molecule has 96 valence electrons. The predicted octanol–water partition coefficient (Wildman–Crippen LogP) is 0.944. The Balaban J connectivity index is 2.01. The first kappa shape index (κ1) is 12.8. The highest BCUT2D eigenvalue weighted by molar-refractivity contribution is 6.32. The zero-order chi connectivity index (χ0) is 13.0. The van der Waals surface area contributed by atoms with E-state index in [-0.39, 0.29) is 6.61 Å². The number of hydrogen-bond acceptors (Lipinski definition) is 5. The van der Waals surface area contributed by atoms with Gasteiger partial charge < -0.3 is 10.5 Å². The Kier molecular flexibility index (Phi) is 4.11. The molecule has 0 amide bonds. The van der Waals surface area contributed by atoms with Crippen molar-refractivity contribution in [1.29, 1.82) is 0 Å². The summed E-state index contributed by atoms with van der Waals surface area (Å²) in [6.07, 6.45) is 0.797. The summed E-state index contributed by atoms with van der Waals surface area (Å²) in [5.41, 5.74) is 6.58. The van der Waals surface area contributed by atoms with Gasteiger partial charge >= 0.3 is 0 Å². The number of ether oxygens (including phenoxy) is 1. The second kappa shape index (κ2) is 5.79. The Morgan fingerprint density at radius 2 is 2.28 bits per heavy atom. The lowest BCUT2D eigenvalue weighted by Crippen LogP contribution is -2.03. The first-order valence-electron chi connectivity index (χ1n) is 5.53. The Bertz CT molecular complexity index is 528. The van der Waals surface area contributed by atoms with Crippen LogP contribution in [-0.4, -0.2) is 26.8 Å². The molecule has 0 aliphatic heterocycles. The number of halogens is 1. The number of rotatable bonds is 5. The van der Waals surface area contributed by atoms with Gasteiger partial charge in [0.2, 0.25) is 5.82 Å². The Morgan fingerprint density at radius 1 is 1.44 bits per heavy atom. The van der Waals surface area contributed by atoms with Crippen LogP contribution in [0.15, 0.2) is 18.2 Å². The first-order chi connectivity index (χ1) is 8.69. The quantitative estimate of drug-likeness (QED) is 0.872. The van der Waals surface area contributed by atoms with Gasteiger partial charge in [-0.15, -0.1) is 10.2 Å². The van der Waals surface area contributed by atoms with Crippen LogP contribution < -0.4 is 10.5 Å². The molecular weight excluding hydrogens is 254 g/mol. The molecule has 0 saturated carbocycles. The van der Waals surface area contributed by atoms with Crippen LogP contribution >= 0.6 is 11.6 Å². The zero-order valence-corrected chi connectivity index (χ0v) is 10.8. The third-order valence-corrected chi connectivity index (χ3v) is 2.63. The number of benzene rings is 1. The molecule has 0 saturated heterocycles. The van der Waals surface area contributed by atoms with E-state index in [0.29, 0.717) is 23.1 Å². The van der Waals surface area contributed by atoms with Gasteiger partial charge in [0, 0.05) is 0 Å². The maximum absolute atomic E-state index is 6.11. The fourth-order valence-corrected chi connectivity index (χ4v) is 1.76. The summed E-state index contributed by atoms with van der Waals surface area (Å²) < 4.78 is 5.53. The van der Waals surface area contributed by atoms with Crippen LogP contribution in [0.2, 0.25) is 5.02 Å². The van der Waals surface area contributed by atoms with E-state index in [4.69, 9.17) is 22.1 Å². The van der Waals surface area contributed by atoms with Crippen molar-refractivity contribution in [2.75, 3.05) is 6.54 Å². The van der Waals surface area contributed by atoms with Crippen LogP contribution in [0.4, 0.5) is 0 Å². The molecule has 0 aliphatic carbocycles. The van der Waals surface area contributed by atoms with Crippen LogP contribution in [0.1, 0.15) is 11.4 Å². The van der Waals surface area contributed by atoms with Crippen molar-refractivity contribution in [2.45, 2.75) is 13.0 Å². The molecule has 0 fully saturated rings. The SMILES string of the molecule is Cn1nnc(COc2ccc(CCN)cc2Cl)n1. The average molecular weight is 268 g/mol. The first-order valence-corrected chi connectivity index (χ1v) is 5.91. The molecule has 6 nitrogen and oxygen atoms in total. The number of hydrogen-bond donors (Lipinski definition) is 1. The van der Waals surface area contributed by atoms with Gasteiger partial charge in [0.25, 0.3) is 0 Å². The van der Waals surface area contributed by atoms with E-state index < -0.39 is 0 Å². The maximum atomic E-state index is 6.11. The third kappa shape index (κ3) is 3.18. The molecular formula is C11H14ClN5O. The normalized spacial score (nSPS) is 10.6. The van der Waals surface area contributed by atoms with Crippen LogP contribution in [0.25, 0.3) is 0 Å².